The van der Waals surface area contributed by atoms with E-state index in [1.54, 1.807) is 29.2 Å². The maximum atomic E-state index is 13.5. The van der Waals surface area contributed by atoms with Crippen molar-refractivity contribution in [3.63, 3.8) is 0 Å². The number of rotatable bonds is 12. The van der Waals surface area contributed by atoms with Crippen molar-refractivity contribution in [1.29, 1.82) is 0 Å². The summed E-state index contributed by atoms with van der Waals surface area (Å²) >= 11 is 7.50. The van der Waals surface area contributed by atoms with E-state index in [0.717, 1.165) is 23.1 Å². The third-order valence-electron chi connectivity index (χ3n) is 5.49. The maximum absolute atomic E-state index is 13.5. The Morgan fingerprint density at radius 2 is 1.60 bits per heavy atom. The fraction of sp³-hybridized carbons (Fsp3) is 0.286. The molecule has 0 saturated heterocycles. The van der Waals surface area contributed by atoms with E-state index >= 15 is 0 Å². The Balaban J connectivity index is 1.81. The Morgan fingerprint density at radius 3 is 2.26 bits per heavy atom. The minimum atomic E-state index is -0.654. The summed E-state index contributed by atoms with van der Waals surface area (Å²) in [5.74, 6) is 0.204. The van der Waals surface area contributed by atoms with Gasteiger partial charge < -0.3 is 10.2 Å². The SMILES string of the molecule is CCCNC(=O)C(Cc1ccccc1)N(Cc1ccc(Cl)cc1)C(=O)CSCc1ccc(F)cc1. The molecular weight excluding hydrogens is 483 g/mol. The highest BCUT2D eigenvalue weighted by Crippen LogP contribution is 2.19. The minimum absolute atomic E-state index is 0.125. The number of hydrogen-bond acceptors (Lipinski definition) is 3. The topological polar surface area (TPSA) is 49.4 Å². The third kappa shape index (κ3) is 8.71. The van der Waals surface area contributed by atoms with Crippen molar-refractivity contribution in [2.24, 2.45) is 0 Å². The van der Waals surface area contributed by atoms with Crippen LogP contribution in [-0.2, 0) is 28.3 Å². The van der Waals surface area contributed by atoms with Crippen LogP contribution in [0.5, 0.6) is 0 Å². The molecule has 0 aliphatic heterocycles. The molecule has 1 N–H and O–H groups in total. The van der Waals surface area contributed by atoms with Gasteiger partial charge in [0, 0.05) is 30.3 Å². The number of thioether (sulfide) groups is 1. The standard InChI is InChI=1S/C28H30ClFN2O2S/c1-2-16-31-28(34)26(17-21-6-4-3-5-7-21)32(18-22-8-12-24(29)13-9-22)27(33)20-35-19-23-10-14-25(30)15-11-23/h3-15,26H,2,16-20H2,1H3,(H,31,34). The van der Waals surface area contributed by atoms with Crippen molar-refractivity contribution in [3.05, 3.63) is 106 Å². The summed E-state index contributed by atoms with van der Waals surface area (Å²) < 4.78 is 13.2. The van der Waals surface area contributed by atoms with Crippen LogP contribution in [-0.4, -0.2) is 35.1 Å². The van der Waals surface area contributed by atoms with Crippen LogP contribution in [0, 0.1) is 5.82 Å². The van der Waals surface area contributed by atoms with Crippen LogP contribution in [0.25, 0.3) is 0 Å². The molecule has 1 atom stereocenters. The number of nitrogens with one attached hydrogen (secondary N) is 1. The number of carbonyl (C=O) groups excluding carboxylic acids is 2. The lowest BCUT2D eigenvalue weighted by Crippen LogP contribution is -2.51. The lowest BCUT2D eigenvalue weighted by atomic mass is 10.0. The average Bonchev–Trinajstić information content (AvgIpc) is 2.87. The van der Waals surface area contributed by atoms with Gasteiger partial charge in [0.25, 0.3) is 0 Å². The van der Waals surface area contributed by atoms with Gasteiger partial charge in [0.2, 0.25) is 11.8 Å². The molecular formula is C28H30ClFN2O2S. The molecule has 0 bridgehead atoms. The second kappa shape index (κ2) is 13.9. The molecule has 1 unspecified atom stereocenters. The van der Waals surface area contributed by atoms with E-state index in [1.165, 1.54) is 23.9 Å². The minimum Gasteiger partial charge on any atom is -0.354 e. The molecule has 7 heteroatoms. The molecule has 4 nitrogen and oxygen atoms in total. The van der Waals surface area contributed by atoms with Crippen LogP contribution in [0.3, 0.4) is 0 Å². The van der Waals surface area contributed by atoms with Crippen LogP contribution in [0.4, 0.5) is 4.39 Å². The lowest BCUT2D eigenvalue weighted by molar-refractivity contribution is -0.139. The molecule has 0 spiro atoms. The Labute approximate surface area is 215 Å². The molecule has 3 rings (SSSR count). The van der Waals surface area contributed by atoms with Crippen molar-refractivity contribution < 1.29 is 14.0 Å². The van der Waals surface area contributed by atoms with Crippen LogP contribution in [0.1, 0.15) is 30.0 Å². The first-order valence-corrected chi connectivity index (χ1v) is 13.2. The van der Waals surface area contributed by atoms with E-state index in [0.29, 0.717) is 30.3 Å². The molecule has 0 aliphatic carbocycles. The van der Waals surface area contributed by atoms with Crippen molar-refractivity contribution in [3.8, 4) is 0 Å². The van der Waals surface area contributed by atoms with Gasteiger partial charge in [0.05, 0.1) is 5.75 Å². The number of hydrogen-bond donors (Lipinski definition) is 1. The summed E-state index contributed by atoms with van der Waals surface area (Å²) in [6.07, 6.45) is 1.22. The van der Waals surface area contributed by atoms with E-state index in [2.05, 4.69) is 5.32 Å². The summed E-state index contributed by atoms with van der Waals surface area (Å²) in [6, 6.07) is 22.6. The third-order valence-corrected chi connectivity index (χ3v) is 6.73. The number of carbonyl (C=O) groups is 2. The van der Waals surface area contributed by atoms with Gasteiger partial charge in [0.15, 0.2) is 0 Å². The predicted molar refractivity (Wildman–Crippen MR) is 142 cm³/mol. The van der Waals surface area contributed by atoms with E-state index in [9.17, 15) is 14.0 Å². The highest BCUT2D eigenvalue weighted by molar-refractivity contribution is 7.99. The summed E-state index contributed by atoms with van der Waals surface area (Å²) in [4.78, 5) is 28.4. The van der Waals surface area contributed by atoms with Crippen LogP contribution < -0.4 is 5.32 Å². The highest BCUT2D eigenvalue weighted by atomic mass is 35.5. The Bertz CT molecular complexity index is 1080. The Kier molecular flexibility index (Phi) is 10.6. The molecule has 0 aromatic heterocycles. The molecule has 0 saturated carbocycles. The number of nitrogens with zero attached hydrogens (tertiary/aromatic N) is 1. The van der Waals surface area contributed by atoms with E-state index in [-0.39, 0.29) is 23.4 Å². The van der Waals surface area contributed by atoms with Gasteiger partial charge in [-0.25, -0.2) is 4.39 Å². The number of amides is 2. The van der Waals surface area contributed by atoms with Gasteiger partial charge in [-0.3, -0.25) is 9.59 Å². The van der Waals surface area contributed by atoms with Crippen molar-refractivity contribution in [2.75, 3.05) is 12.3 Å². The fourth-order valence-corrected chi connectivity index (χ4v) is 4.62. The summed E-state index contributed by atoms with van der Waals surface area (Å²) in [6.45, 7) is 2.84. The first kappa shape index (κ1) is 26.8. The van der Waals surface area contributed by atoms with Gasteiger partial charge in [-0.05, 0) is 47.4 Å². The second-order valence-electron chi connectivity index (χ2n) is 8.26. The summed E-state index contributed by atoms with van der Waals surface area (Å²) in [5, 5.41) is 3.59. The second-order valence-corrected chi connectivity index (χ2v) is 9.69. The van der Waals surface area contributed by atoms with E-state index < -0.39 is 6.04 Å². The first-order valence-electron chi connectivity index (χ1n) is 11.6. The molecule has 3 aromatic carbocycles. The molecule has 2 amide bonds. The molecule has 35 heavy (non-hydrogen) atoms. The summed E-state index contributed by atoms with van der Waals surface area (Å²) in [5.41, 5.74) is 2.82. The molecule has 0 aliphatic rings. The molecule has 0 heterocycles. The zero-order chi connectivity index (χ0) is 25.0. The average molecular weight is 513 g/mol. The van der Waals surface area contributed by atoms with E-state index in [4.69, 9.17) is 11.6 Å². The molecule has 3 aromatic rings. The molecule has 0 fully saturated rings. The Morgan fingerprint density at radius 1 is 0.943 bits per heavy atom. The lowest BCUT2D eigenvalue weighted by Gasteiger charge is -2.31. The van der Waals surface area contributed by atoms with Gasteiger partial charge >= 0.3 is 0 Å². The van der Waals surface area contributed by atoms with Crippen molar-refractivity contribution in [1.82, 2.24) is 10.2 Å². The first-order chi connectivity index (χ1) is 17.0. The van der Waals surface area contributed by atoms with Crippen LogP contribution >= 0.6 is 23.4 Å². The molecule has 0 radical (unpaired) electrons. The zero-order valence-electron chi connectivity index (χ0n) is 19.8. The van der Waals surface area contributed by atoms with E-state index in [1.807, 2.05) is 49.4 Å². The van der Waals surface area contributed by atoms with Crippen LogP contribution in [0.2, 0.25) is 5.02 Å². The maximum Gasteiger partial charge on any atom is 0.243 e. The summed E-state index contributed by atoms with van der Waals surface area (Å²) in [7, 11) is 0. The monoisotopic (exact) mass is 512 g/mol. The van der Waals surface area contributed by atoms with Crippen molar-refractivity contribution >= 4 is 35.2 Å². The van der Waals surface area contributed by atoms with Gasteiger partial charge in [-0.2, -0.15) is 0 Å². The smallest absolute Gasteiger partial charge is 0.243 e. The Hall–Kier alpha value is -2.83. The fourth-order valence-electron chi connectivity index (χ4n) is 3.63. The van der Waals surface area contributed by atoms with Gasteiger partial charge in [-0.15, -0.1) is 11.8 Å². The highest BCUT2D eigenvalue weighted by Gasteiger charge is 2.30. The molecule has 184 valence electrons. The number of halogens is 2. The predicted octanol–water partition coefficient (Wildman–Crippen LogP) is 5.88. The van der Waals surface area contributed by atoms with Gasteiger partial charge in [-0.1, -0.05) is 73.1 Å². The van der Waals surface area contributed by atoms with Gasteiger partial charge in [0.1, 0.15) is 11.9 Å². The van der Waals surface area contributed by atoms with Crippen LogP contribution in [0.15, 0.2) is 78.9 Å². The largest absolute Gasteiger partial charge is 0.354 e. The van der Waals surface area contributed by atoms with Crippen molar-refractivity contribution in [2.45, 2.75) is 38.1 Å². The number of benzene rings is 3. The normalized spacial score (nSPS) is 11.6. The quantitative estimate of drug-likeness (QED) is 0.330. The zero-order valence-corrected chi connectivity index (χ0v) is 21.3.